The molecule has 2 N–H and O–H groups in total. The van der Waals surface area contributed by atoms with Gasteiger partial charge in [-0.2, -0.15) is 0 Å². The zero-order valence-electron chi connectivity index (χ0n) is 11.8. The summed E-state index contributed by atoms with van der Waals surface area (Å²) >= 11 is 3.52. The van der Waals surface area contributed by atoms with Crippen molar-refractivity contribution >= 4 is 21.6 Å². The Bertz CT molecular complexity index is 613. The van der Waals surface area contributed by atoms with Crippen LogP contribution in [-0.2, 0) is 0 Å². The summed E-state index contributed by atoms with van der Waals surface area (Å²) in [5.74, 6) is 0.882. The number of anilines is 1. The highest BCUT2D eigenvalue weighted by molar-refractivity contribution is 9.10. The quantitative estimate of drug-likeness (QED) is 0.854. The fourth-order valence-corrected chi connectivity index (χ4v) is 2.41. The van der Waals surface area contributed by atoms with E-state index in [0.717, 1.165) is 15.7 Å². The number of phenolic OH excluding ortho intramolecular Hbond substituents is 1. The van der Waals surface area contributed by atoms with Gasteiger partial charge in [-0.15, -0.1) is 0 Å². The van der Waals surface area contributed by atoms with Gasteiger partial charge in [0.25, 0.3) is 0 Å². The molecule has 1 unspecified atom stereocenters. The van der Waals surface area contributed by atoms with Crippen molar-refractivity contribution in [1.82, 2.24) is 0 Å². The first-order valence-electron chi connectivity index (χ1n) is 6.41. The summed E-state index contributed by atoms with van der Waals surface area (Å²) in [4.78, 5) is 0. The zero-order chi connectivity index (χ0) is 14.7. The molecule has 106 valence electrons. The number of ether oxygens (including phenoxy) is 1. The third-order valence-electron chi connectivity index (χ3n) is 3.26. The van der Waals surface area contributed by atoms with E-state index in [-0.39, 0.29) is 11.8 Å². The molecule has 0 amide bonds. The molecule has 0 saturated heterocycles. The molecule has 0 heterocycles. The average Bonchev–Trinajstić information content (AvgIpc) is 2.42. The smallest absolute Gasteiger partial charge is 0.124 e. The summed E-state index contributed by atoms with van der Waals surface area (Å²) in [7, 11) is 1.58. The summed E-state index contributed by atoms with van der Waals surface area (Å²) in [6, 6.07) is 11.4. The first-order valence-corrected chi connectivity index (χ1v) is 7.20. The molecule has 0 aliphatic carbocycles. The summed E-state index contributed by atoms with van der Waals surface area (Å²) in [6.45, 7) is 4.06. The normalized spacial score (nSPS) is 12.0. The van der Waals surface area contributed by atoms with Gasteiger partial charge in [0.05, 0.1) is 13.2 Å². The number of phenols is 1. The van der Waals surface area contributed by atoms with Crippen LogP contribution in [0.25, 0.3) is 0 Å². The van der Waals surface area contributed by atoms with Crippen LogP contribution >= 0.6 is 15.9 Å². The Labute approximate surface area is 127 Å². The number of hydrogen-bond donors (Lipinski definition) is 2. The topological polar surface area (TPSA) is 41.5 Å². The number of nitrogens with one attached hydrogen (secondary N) is 1. The molecule has 2 rings (SSSR count). The van der Waals surface area contributed by atoms with Crippen molar-refractivity contribution in [2.24, 2.45) is 0 Å². The Kier molecular flexibility index (Phi) is 4.55. The minimum absolute atomic E-state index is 0.00416. The second kappa shape index (κ2) is 6.18. The fourth-order valence-electron chi connectivity index (χ4n) is 2.03. The maximum absolute atomic E-state index is 10.0. The minimum Gasteiger partial charge on any atom is -0.507 e. The van der Waals surface area contributed by atoms with Crippen molar-refractivity contribution in [3.63, 3.8) is 0 Å². The van der Waals surface area contributed by atoms with E-state index in [1.165, 1.54) is 5.56 Å². The number of rotatable bonds is 4. The number of halogens is 1. The largest absolute Gasteiger partial charge is 0.507 e. The van der Waals surface area contributed by atoms with Gasteiger partial charge in [0.1, 0.15) is 11.5 Å². The second-order valence-electron chi connectivity index (χ2n) is 4.75. The molecule has 0 spiro atoms. The summed E-state index contributed by atoms with van der Waals surface area (Å²) in [6.07, 6.45) is 0. The molecule has 2 aromatic carbocycles. The van der Waals surface area contributed by atoms with E-state index in [9.17, 15) is 5.11 Å². The lowest BCUT2D eigenvalue weighted by Crippen LogP contribution is -2.07. The molecule has 20 heavy (non-hydrogen) atoms. The molecule has 2 aromatic rings. The van der Waals surface area contributed by atoms with Gasteiger partial charge in [0.15, 0.2) is 0 Å². The molecule has 0 aliphatic rings. The van der Waals surface area contributed by atoms with E-state index in [1.54, 1.807) is 13.2 Å². The van der Waals surface area contributed by atoms with Gasteiger partial charge in [-0.3, -0.25) is 0 Å². The van der Waals surface area contributed by atoms with E-state index in [0.29, 0.717) is 5.75 Å². The van der Waals surface area contributed by atoms with Gasteiger partial charge in [0, 0.05) is 21.8 Å². The Balaban J connectivity index is 2.19. The van der Waals surface area contributed by atoms with Crippen molar-refractivity contribution in [2.45, 2.75) is 19.9 Å². The predicted octanol–water partition coefficient (Wildman–Crippen LogP) is 4.64. The van der Waals surface area contributed by atoms with Crippen LogP contribution in [0.4, 0.5) is 5.69 Å². The SMILES string of the molecule is COc1ccc(C(C)Nc2ccc(C)c(Br)c2)c(O)c1. The van der Waals surface area contributed by atoms with Gasteiger partial charge in [-0.25, -0.2) is 0 Å². The number of aromatic hydroxyl groups is 1. The fraction of sp³-hybridized carbons (Fsp3) is 0.250. The van der Waals surface area contributed by atoms with Crippen LogP contribution in [0.3, 0.4) is 0 Å². The molecule has 4 heteroatoms. The summed E-state index contributed by atoms with van der Waals surface area (Å²) in [5.41, 5.74) is 3.03. The highest BCUT2D eigenvalue weighted by Crippen LogP contribution is 2.31. The Morgan fingerprint density at radius 3 is 2.55 bits per heavy atom. The first-order chi connectivity index (χ1) is 9.51. The molecular formula is C16H18BrNO2. The molecule has 0 aliphatic heterocycles. The molecule has 0 saturated carbocycles. The van der Waals surface area contributed by atoms with E-state index >= 15 is 0 Å². The Hall–Kier alpha value is -1.68. The number of methoxy groups -OCH3 is 1. The van der Waals surface area contributed by atoms with Gasteiger partial charge >= 0.3 is 0 Å². The lowest BCUT2D eigenvalue weighted by atomic mass is 10.1. The van der Waals surface area contributed by atoms with E-state index in [4.69, 9.17) is 4.74 Å². The molecule has 0 radical (unpaired) electrons. The highest BCUT2D eigenvalue weighted by atomic mass is 79.9. The van der Waals surface area contributed by atoms with E-state index < -0.39 is 0 Å². The molecule has 1 atom stereocenters. The lowest BCUT2D eigenvalue weighted by Gasteiger charge is -2.18. The predicted molar refractivity (Wildman–Crippen MR) is 85.6 cm³/mol. The van der Waals surface area contributed by atoms with Crippen LogP contribution < -0.4 is 10.1 Å². The minimum atomic E-state index is -0.00416. The molecular weight excluding hydrogens is 318 g/mol. The maximum atomic E-state index is 10.0. The zero-order valence-corrected chi connectivity index (χ0v) is 13.4. The van der Waals surface area contributed by atoms with Crippen molar-refractivity contribution in [1.29, 1.82) is 0 Å². The van der Waals surface area contributed by atoms with Crippen LogP contribution in [0.2, 0.25) is 0 Å². The van der Waals surface area contributed by atoms with E-state index in [2.05, 4.69) is 21.2 Å². The third kappa shape index (κ3) is 3.25. The van der Waals surface area contributed by atoms with Gasteiger partial charge in [-0.1, -0.05) is 22.0 Å². The number of aryl methyl sites for hydroxylation is 1. The van der Waals surface area contributed by atoms with Crippen molar-refractivity contribution in [3.05, 3.63) is 52.0 Å². The summed E-state index contributed by atoms with van der Waals surface area (Å²) in [5, 5.41) is 13.4. The van der Waals surface area contributed by atoms with Gasteiger partial charge in [0.2, 0.25) is 0 Å². The van der Waals surface area contributed by atoms with Crippen LogP contribution in [0, 0.1) is 6.92 Å². The van der Waals surface area contributed by atoms with Crippen LogP contribution in [-0.4, -0.2) is 12.2 Å². The average molecular weight is 336 g/mol. The Morgan fingerprint density at radius 2 is 1.95 bits per heavy atom. The molecule has 0 bridgehead atoms. The molecule has 0 fully saturated rings. The summed E-state index contributed by atoms with van der Waals surface area (Å²) < 4.78 is 6.15. The lowest BCUT2D eigenvalue weighted by molar-refractivity contribution is 0.406. The number of benzene rings is 2. The monoisotopic (exact) mass is 335 g/mol. The van der Waals surface area contributed by atoms with Crippen molar-refractivity contribution in [3.8, 4) is 11.5 Å². The van der Waals surface area contributed by atoms with E-state index in [1.807, 2.05) is 44.2 Å². The molecule has 0 aromatic heterocycles. The maximum Gasteiger partial charge on any atom is 0.124 e. The third-order valence-corrected chi connectivity index (χ3v) is 4.11. The number of hydrogen-bond acceptors (Lipinski definition) is 3. The van der Waals surface area contributed by atoms with Crippen LogP contribution in [0.5, 0.6) is 11.5 Å². The standard InChI is InChI=1S/C16H18BrNO2/c1-10-4-5-12(8-15(10)17)18-11(2)14-7-6-13(20-3)9-16(14)19/h4-9,11,18-19H,1-3H3. The van der Waals surface area contributed by atoms with Gasteiger partial charge in [-0.05, 0) is 43.7 Å². The highest BCUT2D eigenvalue weighted by Gasteiger charge is 2.11. The van der Waals surface area contributed by atoms with Crippen LogP contribution in [0.1, 0.15) is 24.1 Å². The second-order valence-corrected chi connectivity index (χ2v) is 5.61. The molecule has 3 nitrogen and oxygen atoms in total. The van der Waals surface area contributed by atoms with Crippen molar-refractivity contribution in [2.75, 3.05) is 12.4 Å². The van der Waals surface area contributed by atoms with Crippen molar-refractivity contribution < 1.29 is 9.84 Å². The Morgan fingerprint density at radius 1 is 1.20 bits per heavy atom. The van der Waals surface area contributed by atoms with Gasteiger partial charge < -0.3 is 15.2 Å². The first kappa shape index (κ1) is 14.7. The van der Waals surface area contributed by atoms with Crippen LogP contribution in [0.15, 0.2) is 40.9 Å².